The number of nitrogens with zero attached hydrogens (tertiary/aromatic N) is 2. The van der Waals surface area contributed by atoms with E-state index in [9.17, 15) is 13.2 Å². The molecule has 1 saturated carbocycles. The first-order valence-corrected chi connectivity index (χ1v) is 11.3. The summed E-state index contributed by atoms with van der Waals surface area (Å²) in [6.45, 7) is 2.94. The molecule has 0 aromatic heterocycles. The molecule has 6 nitrogen and oxygen atoms in total. The van der Waals surface area contributed by atoms with Crippen LogP contribution in [0.25, 0.3) is 0 Å². The second kappa shape index (κ2) is 7.60. The van der Waals surface area contributed by atoms with E-state index in [0.29, 0.717) is 31.0 Å². The number of rotatable bonds is 3. The zero-order valence-electron chi connectivity index (χ0n) is 14.7. The molecule has 2 amide bonds. The van der Waals surface area contributed by atoms with Crippen molar-refractivity contribution < 1.29 is 13.2 Å². The minimum Gasteiger partial charge on any atom is -0.335 e. The van der Waals surface area contributed by atoms with Gasteiger partial charge in [-0.15, -0.1) is 0 Å². The molecule has 2 heterocycles. The van der Waals surface area contributed by atoms with Gasteiger partial charge in [0.25, 0.3) is 0 Å². The third-order valence-corrected chi connectivity index (χ3v) is 7.38. The summed E-state index contributed by atoms with van der Waals surface area (Å²) < 4.78 is 24.8. The predicted molar refractivity (Wildman–Crippen MR) is 94.2 cm³/mol. The normalized spacial score (nSPS) is 28.2. The number of likely N-dealkylation sites (tertiary alicyclic amines) is 1. The Morgan fingerprint density at radius 3 is 2.17 bits per heavy atom. The molecule has 1 unspecified atom stereocenters. The lowest BCUT2D eigenvalue weighted by atomic mass is 9.84. The van der Waals surface area contributed by atoms with Crippen LogP contribution in [-0.2, 0) is 10.0 Å². The molecule has 1 aliphatic carbocycles. The Hall–Kier alpha value is -0.820. The van der Waals surface area contributed by atoms with Gasteiger partial charge in [-0.25, -0.2) is 17.5 Å². The molecular formula is C17H31N3O3S. The topological polar surface area (TPSA) is 69.7 Å². The summed E-state index contributed by atoms with van der Waals surface area (Å²) in [6, 6.07) is 0.473. The third kappa shape index (κ3) is 4.42. The van der Waals surface area contributed by atoms with Crippen molar-refractivity contribution in [1.29, 1.82) is 0 Å². The van der Waals surface area contributed by atoms with Crippen molar-refractivity contribution in [2.24, 2.45) is 11.8 Å². The average molecular weight is 358 g/mol. The van der Waals surface area contributed by atoms with Gasteiger partial charge in [0.1, 0.15) is 0 Å². The van der Waals surface area contributed by atoms with Crippen LogP contribution in [0.1, 0.15) is 51.4 Å². The molecule has 0 bridgehead atoms. The fraction of sp³-hybridized carbons (Fsp3) is 0.941. The Bertz CT molecular complexity index is 537. The zero-order chi connectivity index (χ0) is 17.2. The number of hydrogen-bond acceptors (Lipinski definition) is 3. The lowest BCUT2D eigenvalue weighted by molar-refractivity contribution is 0.186. The maximum absolute atomic E-state index is 12.5. The van der Waals surface area contributed by atoms with Crippen LogP contribution in [0.5, 0.6) is 0 Å². The van der Waals surface area contributed by atoms with Gasteiger partial charge in [-0.05, 0) is 43.9 Å². The highest BCUT2D eigenvalue weighted by Gasteiger charge is 2.35. The summed E-state index contributed by atoms with van der Waals surface area (Å²) in [7, 11) is -3.05. The van der Waals surface area contributed by atoms with Gasteiger partial charge in [-0.2, -0.15) is 0 Å². The average Bonchev–Trinajstić information content (AvgIpc) is 3.05. The molecule has 0 radical (unpaired) electrons. The van der Waals surface area contributed by atoms with E-state index in [1.54, 1.807) is 4.31 Å². The quantitative estimate of drug-likeness (QED) is 0.840. The number of hydrogen-bond donors (Lipinski definition) is 1. The lowest BCUT2D eigenvalue weighted by Gasteiger charge is -2.33. The first-order chi connectivity index (χ1) is 11.4. The van der Waals surface area contributed by atoms with Gasteiger partial charge in [0.15, 0.2) is 0 Å². The number of urea groups is 1. The summed E-state index contributed by atoms with van der Waals surface area (Å²) in [5.74, 6) is 1.08. The zero-order valence-corrected chi connectivity index (χ0v) is 15.6. The summed E-state index contributed by atoms with van der Waals surface area (Å²) in [6.07, 6.45) is 10.2. The van der Waals surface area contributed by atoms with Gasteiger partial charge in [-0.1, -0.05) is 19.3 Å². The SMILES string of the molecule is CS(=O)(=O)N1CCC(C2CCN(C(=O)NC3CCCCC3)C2)CC1. The van der Waals surface area contributed by atoms with Crippen LogP contribution in [0.15, 0.2) is 0 Å². The van der Waals surface area contributed by atoms with E-state index in [2.05, 4.69) is 5.32 Å². The predicted octanol–water partition coefficient (Wildman–Crippen LogP) is 2.02. The standard InChI is InChI=1S/C17H31N3O3S/c1-24(22,23)20-11-8-14(9-12-20)15-7-10-19(13-15)17(21)18-16-5-3-2-4-6-16/h14-16H,2-13H2,1H3,(H,18,21). The fourth-order valence-corrected chi connectivity index (χ4v) is 5.42. The molecule has 0 spiro atoms. The second-order valence-electron chi connectivity index (χ2n) is 7.78. The largest absolute Gasteiger partial charge is 0.335 e. The maximum Gasteiger partial charge on any atom is 0.317 e. The molecule has 1 N–H and O–H groups in total. The minimum atomic E-state index is -3.05. The molecule has 138 valence electrons. The van der Waals surface area contributed by atoms with Crippen molar-refractivity contribution in [2.75, 3.05) is 32.4 Å². The Balaban J connectivity index is 1.44. The molecule has 0 aromatic rings. The molecule has 1 atom stereocenters. The first-order valence-electron chi connectivity index (χ1n) is 9.44. The van der Waals surface area contributed by atoms with E-state index in [1.165, 1.54) is 25.5 Å². The smallest absolute Gasteiger partial charge is 0.317 e. The Kier molecular flexibility index (Phi) is 5.70. The fourth-order valence-electron chi connectivity index (χ4n) is 4.55. The molecule has 3 rings (SSSR count). The van der Waals surface area contributed by atoms with Crippen LogP contribution in [0, 0.1) is 11.8 Å². The van der Waals surface area contributed by atoms with Crippen LogP contribution in [0.2, 0.25) is 0 Å². The number of carbonyl (C=O) groups is 1. The molecule has 2 saturated heterocycles. The summed E-state index contributed by atoms with van der Waals surface area (Å²) >= 11 is 0. The van der Waals surface area contributed by atoms with E-state index in [0.717, 1.165) is 45.2 Å². The highest BCUT2D eigenvalue weighted by atomic mass is 32.2. The Labute approximate surface area is 146 Å². The third-order valence-electron chi connectivity index (χ3n) is 6.08. The molecule has 0 aromatic carbocycles. The molecule has 2 aliphatic heterocycles. The van der Waals surface area contributed by atoms with Gasteiger partial charge >= 0.3 is 6.03 Å². The Morgan fingerprint density at radius 2 is 1.54 bits per heavy atom. The molecular weight excluding hydrogens is 326 g/mol. The van der Waals surface area contributed by atoms with Crippen molar-refractivity contribution in [3.8, 4) is 0 Å². The second-order valence-corrected chi connectivity index (χ2v) is 9.76. The van der Waals surface area contributed by atoms with E-state index >= 15 is 0 Å². The molecule has 24 heavy (non-hydrogen) atoms. The van der Waals surface area contributed by atoms with Crippen LogP contribution >= 0.6 is 0 Å². The number of carbonyl (C=O) groups excluding carboxylic acids is 1. The van der Waals surface area contributed by atoms with Gasteiger partial charge in [0.2, 0.25) is 10.0 Å². The van der Waals surface area contributed by atoms with E-state index in [4.69, 9.17) is 0 Å². The van der Waals surface area contributed by atoms with Crippen LogP contribution in [-0.4, -0.2) is 62.1 Å². The van der Waals surface area contributed by atoms with Crippen molar-refractivity contribution >= 4 is 16.1 Å². The van der Waals surface area contributed by atoms with Crippen LogP contribution in [0.4, 0.5) is 4.79 Å². The van der Waals surface area contributed by atoms with Gasteiger partial charge < -0.3 is 10.2 Å². The number of nitrogens with one attached hydrogen (secondary N) is 1. The van der Waals surface area contributed by atoms with Gasteiger partial charge in [0, 0.05) is 32.2 Å². The highest BCUT2D eigenvalue weighted by Crippen LogP contribution is 2.32. The van der Waals surface area contributed by atoms with Crippen molar-refractivity contribution in [3.05, 3.63) is 0 Å². The van der Waals surface area contributed by atoms with Crippen LogP contribution in [0.3, 0.4) is 0 Å². The Morgan fingerprint density at radius 1 is 0.917 bits per heavy atom. The van der Waals surface area contributed by atoms with E-state index < -0.39 is 10.0 Å². The summed E-state index contributed by atoms with van der Waals surface area (Å²) in [5, 5.41) is 3.21. The van der Waals surface area contributed by atoms with Crippen molar-refractivity contribution in [3.63, 3.8) is 0 Å². The van der Waals surface area contributed by atoms with Crippen molar-refractivity contribution in [2.45, 2.75) is 57.4 Å². The number of piperidine rings is 1. The summed E-state index contributed by atoms with van der Waals surface area (Å²) in [5.41, 5.74) is 0. The summed E-state index contributed by atoms with van der Waals surface area (Å²) in [4.78, 5) is 14.4. The minimum absolute atomic E-state index is 0.109. The van der Waals surface area contributed by atoms with Gasteiger partial charge in [0.05, 0.1) is 6.26 Å². The monoisotopic (exact) mass is 357 g/mol. The van der Waals surface area contributed by atoms with Crippen molar-refractivity contribution in [1.82, 2.24) is 14.5 Å². The molecule has 7 heteroatoms. The first kappa shape index (κ1) is 18.0. The van der Waals surface area contributed by atoms with Crippen LogP contribution < -0.4 is 5.32 Å². The number of amides is 2. The van der Waals surface area contributed by atoms with E-state index in [1.807, 2.05) is 4.90 Å². The number of sulfonamides is 1. The highest BCUT2D eigenvalue weighted by molar-refractivity contribution is 7.88. The van der Waals surface area contributed by atoms with Gasteiger partial charge in [-0.3, -0.25) is 0 Å². The molecule has 3 aliphatic rings. The maximum atomic E-state index is 12.5. The molecule has 3 fully saturated rings. The van der Waals surface area contributed by atoms with E-state index in [-0.39, 0.29) is 6.03 Å². The lowest BCUT2D eigenvalue weighted by Crippen LogP contribution is -2.45.